The first-order valence-electron chi connectivity index (χ1n) is 6.29. The summed E-state index contributed by atoms with van der Waals surface area (Å²) in [5, 5.41) is 7.99. The van der Waals surface area contributed by atoms with Crippen molar-refractivity contribution in [2.45, 2.75) is 36.5 Å². The van der Waals surface area contributed by atoms with Crippen LogP contribution in [0.5, 0.6) is 0 Å². The van der Waals surface area contributed by atoms with E-state index in [-0.39, 0.29) is 25.3 Å². The first-order valence-corrected chi connectivity index (χ1v) is 8.00. The lowest BCUT2D eigenvalue weighted by atomic mass is 10.0. The van der Waals surface area contributed by atoms with Gasteiger partial charge in [-0.15, -0.1) is 0 Å². The van der Waals surface area contributed by atoms with E-state index in [1.54, 1.807) is 0 Å². The van der Waals surface area contributed by atoms with Gasteiger partial charge in [-0.05, 0) is 19.3 Å². The smallest absolute Gasteiger partial charge is 0.325 e. The molecule has 2 heterocycles. The summed E-state index contributed by atoms with van der Waals surface area (Å²) in [6.07, 6.45) is 1.77. The number of hydrogen-bond donors (Lipinski definition) is 2. The number of rotatable bonds is 2. The third-order valence-corrected chi connectivity index (χ3v) is 6.05. The average Bonchev–Trinajstić information content (AvgIpc) is 2.72. The van der Waals surface area contributed by atoms with E-state index in [4.69, 9.17) is 10.8 Å². The fourth-order valence-electron chi connectivity index (χ4n) is 2.63. The molecule has 2 atom stereocenters. The minimum Gasteiger partial charge on any atom is -0.480 e. The van der Waals surface area contributed by atoms with E-state index in [9.17, 15) is 18.0 Å². The van der Waals surface area contributed by atoms with Gasteiger partial charge in [0.1, 0.15) is 10.8 Å². The molecule has 7 nitrogen and oxygen atoms in total. The van der Waals surface area contributed by atoms with Gasteiger partial charge in [0, 0.05) is 13.1 Å². The second kappa shape index (κ2) is 4.75. The highest BCUT2D eigenvalue weighted by atomic mass is 32.2. The van der Waals surface area contributed by atoms with Gasteiger partial charge in [0.15, 0.2) is 9.84 Å². The lowest BCUT2D eigenvalue weighted by Crippen LogP contribution is -2.52. The van der Waals surface area contributed by atoms with Crippen LogP contribution in [0.1, 0.15) is 25.7 Å². The van der Waals surface area contributed by atoms with Gasteiger partial charge in [-0.25, -0.2) is 8.42 Å². The molecule has 0 radical (unpaired) electrons. The van der Waals surface area contributed by atoms with Crippen LogP contribution in [0.15, 0.2) is 0 Å². The first kappa shape index (κ1) is 14.3. The molecule has 0 aromatic heterocycles. The van der Waals surface area contributed by atoms with Gasteiger partial charge in [-0.1, -0.05) is 6.42 Å². The summed E-state index contributed by atoms with van der Waals surface area (Å²) in [5.74, 6) is -1.62. The molecule has 2 rings (SSSR count). The lowest BCUT2D eigenvalue weighted by molar-refractivity contribution is -0.143. The number of carbonyl (C=O) groups excluding carboxylic acids is 1. The molecule has 0 spiro atoms. The second-order valence-corrected chi connectivity index (χ2v) is 7.63. The van der Waals surface area contributed by atoms with Gasteiger partial charge in [-0.3, -0.25) is 9.59 Å². The Labute approximate surface area is 111 Å². The maximum atomic E-state index is 12.2. The third-order valence-electron chi connectivity index (χ3n) is 3.89. The molecule has 3 N–H and O–H groups in total. The summed E-state index contributed by atoms with van der Waals surface area (Å²) >= 11 is 0. The molecule has 2 saturated heterocycles. The van der Waals surface area contributed by atoms with Crippen molar-refractivity contribution < 1.29 is 23.1 Å². The van der Waals surface area contributed by atoms with Crippen LogP contribution in [0, 0.1) is 0 Å². The van der Waals surface area contributed by atoms with Gasteiger partial charge in [0.05, 0.1) is 5.75 Å². The Kier molecular flexibility index (Phi) is 3.57. The molecule has 2 aliphatic heterocycles. The number of carboxylic acid groups (broad SMARTS) is 1. The van der Waals surface area contributed by atoms with E-state index in [2.05, 4.69) is 0 Å². The zero-order chi connectivity index (χ0) is 14.3. The fraction of sp³-hybridized carbons (Fsp3) is 0.818. The van der Waals surface area contributed by atoms with Crippen molar-refractivity contribution in [2.24, 2.45) is 5.73 Å². The molecule has 8 heteroatoms. The first-order chi connectivity index (χ1) is 8.76. The highest BCUT2D eigenvalue weighted by Gasteiger charge is 2.46. The Morgan fingerprint density at radius 3 is 2.53 bits per heavy atom. The van der Waals surface area contributed by atoms with Crippen LogP contribution >= 0.6 is 0 Å². The van der Waals surface area contributed by atoms with Gasteiger partial charge < -0.3 is 15.7 Å². The number of aliphatic carboxylic acids is 1. The quantitative estimate of drug-likeness (QED) is 0.671. The summed E-state index contributed by atoms with van der Waals surface area (Å²) in [6.45, 7) is 0.0842. The molecule has 0 bridgehead atoms. The summed E-state index contributed by atoms with van der Waals surface area (Å²) in [6, 6.07) is 0. The predicted octanol–water partition coefficient (Wildman–Crippen LogP) is -1.03. The maximum absolute atomic E-state index is 12.2. The summed E-state index contributed by atoms with van der Waals surface area (Å²) in [7, 11) is -3.40. The number of nitrogens with two attached hydrogens (primary N) is 1. The van der Waals surface area contributed by atoms with Crippen LogP contribution in [0.4, 0.5) is 0 Å². The standard InChI is InChI=1S/C11H18N2O5S/c12-11(10(15)16)4-5-13(7-11)9(14)8-3-1-2-6-19(8,17)18/h8H,1-7,12H2,(H,15,16). The minimum absolute atomic E-state index is 0.0317. The van der Waals surface area contributed by atoms with E-state index in [1.165, 1.54) is 4.90 Å². The molecular formula is C11H18N2O5S. The molecule has 1 amide bonds. The molecule has 2 fully saturated rings. The molecule has 2 unspecified atom stereocenters. The van der Waals surface area contributed by atoms with Crippen molar-refractivity contribution in [1.29, 1.82) is 0 Å². The van der Waals surface area contributed by atoms with E-state index in [0.717, 1.165) is 0 Å². The number of carbonyl (C=O) groups is 2. The Morgan fingerprint density at radius 2 is 2.00 bits per heavy atom. The van der Waals surface area contributed by atoms with Gasteiger partial charge in [0.2, 0.25) is 5.91 Å². The molecule has 0 saturated carbocycles. The Balaban J connectivity index is 2.12. The fourth-order valence-corrected chi connectivity index (χ4v) is 4.50. The van der Waals surface area contributed by atoms with Gasteiger partial charge in [0.25, 0.3) is 0 Å². The van der Waals surface area contributed by atoms with Crippen LogP contribution in [0.2, 0.25) is 0 Å². The molecule has 0 aromatic carbocycles. The predicted molar refractivity (Wildman–Crippen MR) is 67.2 cm³/mol. The highest BCUT2D eigenvalue weighted by Crippen LogP contribution is 2.25. The van der Waals surface area contributed by atoms with Gasteiger partial charge >= 0.3 is 5.97 Å². The SMILES string of the molecule is NC1(C(=O)O)CCN(C(=O)C2CCCCS2(=O)=O)C1. The number of sulfone groups is 1. The van der Waals surface area contributed by atoms with Crippen molar-refractivity contribution in [2.75, 3.05) is 18.8 Å². The van der Waals surface area contributed by atoms with Crippen LogP contribution in [0.25, 0.3) is 0 Å². The van der Waals surface area contributed by atoms with Gasteiger partial charge in [-0.2, -0.15) is 0 Å². The zero-order valence-corrected chi connectivity index (χ0v) is 11.4. The monoisotopic (exact) mass is 290 g/mol. The number of carboxylic acids is 1. The molecule has 108 valence electrons. The largest absolute Gasteiger partial charge is 0.480 e. The highest BCUT2D eigenvalue weighted by molar-refractivity contribution is 7.92. The van der Waals surface area contributed by atoms with Crippen LogP contribution in [0.3, 0.4) is 0 Å². The number of amides is 1. The summed E-state index contributed by atoms with van der Waals surface area (Å²) < 4.78 is 23.8. The second-order valence-electron chi connectivity index (χ2n) is 5.32. The normalized spacial score (nSPS) is 34.2. The third kappa shape index (κ3) is 2.59. The van der Waals surface area contributed by atoms with Crippen molar-refractivity contribution in [3.8, 4) is 0 Å². The lowest BCUT2D eigenvalue weighted by Gasteiger charge is -2.27. The molecule has 2 aliphatic rings. The topological polar surface area (TPSA) is 118 Å². The van der Waals surface area contributed by atoms with E-state index in [0.29, 0.717) is 19.3 Å². The summed E-state index contributed by atoms with van der Waals surface area (Å²) in [5.41, 5.74) is 4.23. The van der Waals surface area contributed by atoms with E-state index in [1.807, 2.05) is 0 Å². The Morgan fingerprint density at radius 1 is 1.32 bits per heavy atom. The Bertz CT molecular complexity index is 503. The molecular weight excluding hydrogens is 272 g/mol. The average molecular weight is 290 g/mol. The van der Waals surface area contributed by atoms with Crippen LogP contribution in [-0.4, -0.2) is 59.9 Å². The molecule has 0 aromatic rings. The van der Waals surface area contributed by atoms with E-state index >= 15 is 0 Å². The van der Waals surface area contributed by atoms with Crippen molar-refractivity contribution >= 4 is 21.7 Å². The number of nitrogens with zero attached hydrogens (tertiary/aromatic N) is 1. The van der Waals surface area contributed by atoms with Crippen LogP contribution < -0.4 is 5.73 Å². The molecule has 19 heavy (non-hydrogen) atoms. The maximum Gasteiger partial charge on any atom is 0.325 e. The summed E-state index contributed by atoms with van der Waals surface area (Å²) in [4.78, 5) is 24.5. The Hall–Kier alpha value is -1.15. The van der Waals surface area contributed by atoms with Crippen molar-refractivity contribution in [3.63, 3.8) is 0 Å². The van der Waals surface area contributed by atoms with Crippen molar-refractivity contribution in [3.05, 3.63) is 0 Å². The zero-order valence-electron chi connectivity index (χ0n) is 10.5. The van der Waals surface area contributed by atoms with Crippen molar-refractivity contribution in [1.82, 2.24) is 4.90 Å². The number of likely N-dealkylation sites (tertiary alicyclic amines) is 1. The number of hydrogen-bond acceptors (Lipinski definition) is 5. The minimum atomic E-state index is -3.40. The van der Waals surface area contributed by atoms with Crippen LogP contribution in [-0.2, 0) is 19.4 Å². The molecule has 0 aliphatic carbocycles. The van der Waals surface area contributed by atoms with E-state index < -0.39 is 32.5 Å².